The molecule has 1 fully saturated rings. The van der Waals surface area contributed by atoms with Crippen LogP contribution >= 0.6 is 0 Å². The average Bonchev–Trinajstić information content (AvgIpc) is 3.00. The number of nitrogens with two attached hydrogens (primary N) is 2. The van der Waals surface area contributed by atoms with Crippen LogP contribution in [0.5, 0.6) is 0 Å². The van der Waals surface area contributed by atoms with Gasteiger partial charge in [-0.25, -0.2) is 22.7 Å². The first-order chi connectivity index (χ1) is 13.1. The van der Waals surface area contributed by atoms with Crippen LogP contribution in [0.1, 0.15) is 6.92 Å². The third-order valence-corrected chi connectivity index (χ3v) is 5.07. The molecule has 0 bridgehead atoms. The summed E-state index contributed by atoms with van der Waals surface area (Å²) in [5.41, 5.74) is 6.34. The molecule has 1 aliphatic heterocycles. The van der Waals surface area contributed by atoms with Crippen LogP contribution in [0.2, 0.25) is 0 Å². The van der Waals surface area contributed by atoms with E-state index in [1.165, 1.54) is 35.2 Å². The van der Waals surface area contributed by atoms with Gasteiger partial charge in [-0.2, -0.15) is 0 Å². The van der Waals surface area contributed by atoms with Gasteiger partial charge in [-0.05, 0) is 42.8 Å². The summed E-state index contributed by atoms with van der Waals surface area (Å²) in [7, 11) is -3.90. The third kappa shape index (κ3) is 4.29. The maximum Gasteiger partial charge on any atom is 0.414 e. The van der Waals surface area contributed by atoms with Gasteiger partial charge in [0.2, 0.25) is 10.0 Å². The number of rotatable bonds is 5. The van der Waals surface area contributed by atoms with Crippen molar-refractivity contribution in [2.75, 3.05) is 18.0 Å². The van der Waals surface area contributed by atoms with E-state index in [-0.39, 0.29) is 23.5 Å². The molecule has 0 spiro atoms. The zero-order chi connectivity index (χ0) is 20.5. The van der Waals surface area contributed by atoms with Crippen LogP contribution in [0, 0.1) is 5.82 Å². The van der Waals surface area contributed by atoms with E-state index in [0.29, 0.717) is 17.1 Å². The van der Waals surface area contributed by atoms with Gasteiger partial charge in [0.25, 0.3) is 0 Å². The molecule has 1 atom stereocenters. The molecule has 0 saturated carbocycles. The van der Waals surface area contributed by atoms with Gasteiger partial charge in [-0.1, -0.05) is 12.1 Å². The Kier molecular flexibility index (Phi) is 5.34. The number of benzene rings is 2. The smallest absolute Gasteiger partial charge is 0.414 e. The largest absolute Gasteiger partial charge is 0.442 e. The number of sulfonamides is 1. The second-order valence-electron chi connectivity index (χ2n) is 6.34. The Bertz CT molecular complexity index is 1050. The van der Waals surface area contributed by atoms with E-state index in [9.17, 15) is 17.6 Å². The zero-order valence-corrected chi connectivity index (χ0v) is 15.8. The fraction of sp³-hybridized carbons (Fsp3) is 0.222. The van der Waals surface area contributed by atoms with Crippen LogP contribution in [0.15, 0.2) is 52.4 Å². The van der Waals surface area contributed by atoms with Gasteiger partial charge < -0.3 is 10.5 Å². The summed E-state index contributed by atoms with van der Waals surface area (Å²) in [5.74, 6) is -0.234. The summed E-state index contributed by atoms with van der Waals surface area (Å²) in [6.45, 7) is 2.08. The van der Waals surface area contributed by atoms with E-state index in [1.807, 2.05) is 0 Å². The van der Waals surface area contributed by atoms with Crippen molar-refractivity contribution >= 4 is 27.6 Å². The second kappa shape index (κ2) is 7.56. The molecule has 28 heavy (non-hydrogen) atoms. The lowest BCUT2D eigenvalue weighted by atomic mass is 10.0. The Labute approximate surface area is 161 Å². The van der Waals surface area contributed by atoms with Gasteiger partial charge in [0, 0.05) is 5.56 Å². The van der Waals surface area contributed by atoms with Crippen molar-refractivity contribution in [2.24, 2.45) is 15.9 Å². The van der Waals surface area contributed by atoms with Gasteiger partial charge in [-0.3, -0.25) is 9.89 Å². The van der Waals surface area contributed by atoms with E-state index in [2.05, 4.69) is 4.99 Å². The molecule has 1 aliphatic rings. The molecule has 0 unspecified atom stereocenters. The lowest BCUT2D eigenvalue weighted by molar-refractivity contribution is 0.145. The molecule has 148 valence electrons. The van der Waals surface area contributed by atoms with Crippen molar-refractivity contribution < 1.29 is 22.3 Å². The van der Waals surface area contributed by atoms with Gasteiger partial charge in [-0.15, -0.1) is 0 Å². The van der Waals surface area contributed by atoms with Gasteiger partial charge in [0.15, 0.2) is 0 Å². The number of cyclic esters (lactones) is 1. The predicted octanol–water partition coefficient (Wildman–Crippen LogP) is 1.84. The summed E-state index contributed by atoms with van der Waals surface area (Å²) in [4.78, 5) is 17.3. The molecule has 1 amide bonds. The number of nitrogens with zero attached hydrogens (tertiary/aromatic N) is 2. The normalized spacial score (nSPS) is 17.7. The Balaban J connectivity index is 1.85. The molecule has 0 aliphatic carbocycles. The first-order valence-electron chi connectivity index (χ1n) is 8.32. The van der Waals surface area contributed by atoms with E-state index >= 15 is 0 Å². The first kappa shape index (κ1) is 19.8. The van der Waals surface area contributed by atoms with E-state index in [0.717, 1.165) is 0 Å². The maximum absolute atomic E-state index is 14.7. The number of hydrogen-bond acceptors (Lipinski definition) is 5. The third-order valence-electron chi connectivity index (χ3n) is 4.16. The SMILES string of the molecule is CC(N)=NC[C@H]1CN(c2ccc(-c3cccc(S(N)(=O)=O)c3)c(F)c2)C(=O)O1. The molecule has 10 heteroatoms. The molecule has 3 rings (SSSR count). The molecule has 1 saturated heterocycles. The Morgan fingerprint density at radius 2 is 2.07 bits per heavy atom. The minimum Gasteiger partial charge on any atom is -0.442 e. The van der Waals surface area contributed by atoms with Crippen molar-refractivity contribution in [3.05, 3.63) is 48.3 Å². The number of aliphatic imine (C=N–C) groups is 1. The lowest BCUT2D eigenvalue weighted by Crippen LogP contribution is -2.25. The molecule has 2 aromatic carbocycles. The maximum atomic E-state index is 14.7. The number of anilines is 1. The minimum atomic E-state index is -3.90. The second-order valence-corrected chi connectivity index (χ2v) is 7.90. The molecule has 4 N–H and O–H groups in total. The molecule has 0 radical (unpaired) electrons. The summed E-state index contributed by atoms with van der Waals surface area (Å²) in [6, 6.07) is 9.89. The molecule has 8 nitrogen and oxygen atoms in total. The molecule has 1 heterocycles. The fourth-order valence-corrected chi connectivity index (χ4v) is 3.38. The van der Waals surface area contributed by atoms with Gasteiger partial charge >= 0.3 is 6.09 Å². The van der Waals surface area contributed by atoms with Crippen LogP contribution in [-0.2, 0) is 14.8 Å². The summed E-state index contributed by atoms with van der Waals surface area (Å²) >= 11 is 0. The van der Waals surface area contributed by atoms with E-state index in [1.54, 1.807) is 19.1 Å². The average molecular weight is 406 g/mol. The number of carbonyl (C=O) groups excluding carboxylic acids is 1. The molecule has 2 aromatic rings. The minimum absolute atomic E-state index is 0.116. The number of amidine groups is 1. The number of hydrogen-bond donors (Lipinski definition) is 2. The number of ether oxygens (including phenoxy) is 1. The molecular weight excluding hydrogens is 387 g/mol. The van der Waals surface area contributed by atoms with Gasteiger partial charge in [0.1, 0.15) is 11.9 Å². The highest BCUT2D eigenvalue weighted by Gasteiger charge is 2.32. The highest BCUT2D eigenvalue weighted by atomic mass is 32.2. The topological polar surface area (TPSA) is 128 Å². The Morgan fingerprint density at radius 3 is 2.71 bits per heavy atom. The van der Waals surface area contributed by atoms with Crippen LogP contribution in [0.25, 0.3) is 11.1 Å². The van der Waals surface area contributed by atoms with Crippen LogP contribution in [0.4, 0.5) is 14.9 Å². The lowest BCUT2D eigenvalue weighted by Gasteiger charge is -2.14. The van der Waals surface area contributed by atoms with Gasteiger partial charge in [0.05, 0.1) is 29.5 Å². The van der Waals surface area contributed by atoms with E-state index in [4.69, 9.17) is 15.6 Å². The standard InChI is InChI=1S/C18H19FN4O4S/c1-11(20)22-9-14-10-23(18(24)27-14)13-5-6-16(17(19)8-13)12-3-2-4-15(7-12)28(21,25)26/h2-8,14H,9-10H2,1H3,(H2,20,22)(H2,21,25,26)/t14-/m0/s1. The van der Waals surface area contributed by atoms with Crippen LogP contribution in [-0.4, -0.2) is 39.5 Å². The summed E-state index contributed by atoms with van der Waals surface area (Å²) in [5, 5.41) is 5.12. The highest BCUT2D eigenvalue weighted by molar-refractivity contribution is 7.89. The summed E-state index contributed by atoms with van der Waals surface area (Å²) in [6.07, 6.45) is -1.07. The number of primary sulfonamides is 1. The molecular formula is C18H19FN4O4S. The first-order valence-corrected chi connectivity index (χ1v) is 9.87. The number of carbonyl (C=O) groups is 1. The Morgan fingerprint density at radius 1 is 1.32 bits per heavy atom. The van der Waals surface area contributed by atoms with Crippen molar-refractivity contribution in [1.82, 2.24) is 0 Å². The zero-order valence-electron chi connectivity index (χ0n) is 15.0. The van der Waals surface area contributed by atoms with Crippen molar-refractivity contribution in [2.45, 2.75) is 17.9 Å². The van der Waals surface area contributed by atoms with Crippen molar-refractivity contribution in [3.63, 3.8) is 0 Å². The quantitative estimate of drug-likeness (QED) is 0.578. The summed E-state index contributed by atoms with van der Waals surface area (Å²) < 4.78 is 42.9. The monoisotopic (exact) mass is 406 g/mol. The molecule has 0 aromatic heterocycles. The van der Waals surface area contributed by atoms with Crippen LogP contribution in [0.3, 0.4) is 0 Å². The number of halogens is 1. The Hall–Kier alpha value is -2.98. The van der Waals surface area contributed by atoms with Crippen LogP contribution < -0.4 is 15.8 Å². The van der Waals surface area contributed by atoms with Crippen molar-refractivity contribution in [3.8, 4) is 11.1 Å². The highest BCUT2D eigenvalue weighted by Crippen LogP contribution is 2.30. The number of amides is 1. The van der Waals surface area contributed by atoms with Crippen molar-refractivity contribution in [1.29, 1.82) is 0 Å². The van der Waals surface area contributed by atoms with E-state index < -0.39 is 28.0 Å². The predicted molar refractivity (Wildman–Crippen MR) is 103 cm³/mol. The fourth-order valence-electron chi connectivity index (χ4n) is 2.82.